The average Bonchev–Trinajstić information content (AvgIpc) is 2.45. The molecule has 0 radical (unpaired) electrons. The largest absolute Gasteiger partial charge is 0.359 e. The predicted octanol–water partition coefficient (Wildman–Crippen LogP) is 5.77. The lowest BCUT2D eigenvalue weighted by Crippen LogP contribution is -2.11. The summed E-state index contributed by atoms with van der Waals surface area (Å²) in [6, 6.07) is 8.07. The summed E-state index contributed by atoms with van der Waals surface area (Å²) < 4.78 is 0. The highest BCUT2D eigenvalue weighted by atomic mass is 14.9. The first-order chi connectivity index (χ1) is 11.2. The summed E-state index contributed by atoms with van der Waals surface area (Å²) in [4.78, 5) is 0. The predicted molar refractivity (Wildman–Crippen MR) is 108 cm³/mol. The van der Waals surface area contributed by atoms with Gasteiger partial charge in [-0.25, -0.2) is 0 Å². The van der Waals surface area contributed by atoms with Gasteiger partial charge in [-0.15, -0.1) is 0 Å². The van der Waals surface area contributed by atoms with Crippen LogP contribution in [0.5, 0.6) is 0 Å². The second-order valence-corrected chi connectivity index (χ2v) is 6.21. The molecule has 1 rings (SSSR count). The molecule has 0 atom stereocenters. The Morgan fingerprint density at radius 1 is 0.833 bits per heavy atom. The van der Waals surface area contributed by atoms with Gasteiger partial charge in [0, 0.05) is 22.8 Å². The van der Waals surface area contributed by atoms with E-state index in [1.165, 1.54) is 5.57 Å². The van der Waals surface area contributed by atoms with Crippen molar-refractivity contribution in [2.24, 2.45) is 0 Å². The molecule has 0 saturated heterocycles. The molecule has 0 saturated carbocycles. The van der Waals surface area contributed by atoms with Crippen LogP contribution >= 0.6 is 0 Å². The smallest absolute Gasteiger partial charge is 0.0384 e. The molecule has 0 aromatic heterocycles. The SMILES string of the molecule is C=C(C)/C=C(\C)NC(=C)c1cccc(C(=C)NC(=C)C=C(C)C)c1. The molecule has 0 unspecified atom stereocenters. The minimum atomic E-state index is 0.807. The molecule has 0 aliphatic carbocycles. The highest BCUT2D eigenvalue weighted by molar-refractivity contribution is 5.70. The Morgan fingerprint density at radius 2 is 1.38 bits per heavy atom. The summed E-state index contributed by atoms with van der Waals surface area (Å²) >= 11 is 0. The molecule has 0 heterocycles. The summed E-state index contributed by atoms with van der Waals surface area (Å²) in [5, 5.41) is 6.51. The number of nitrogens with one attached hydrogen (secondary N) is 2. The van der Waals surface area contributed by atoms with Gasteiger partial charge in [0.2, 0.25) is 0 Å². The van der Waals surface area contributed by atoms with Crippen molar-refractivity contribution in [2.45, 2.75) is 27.7 Å². The van der Waals surface area contributed by atoms with E-state index < -0.39 is 0 Å². The van der Waals surface area contributed by atoms with E-state index in [0.717, 1.165) is 39.5 Å². The quantitative estimate of drug-likeness (QED) is 0.594. The van der Waals surface area contributed by atoms with Gasteiger partial charge in [-0.2, -0.15) is 0 Å². The van der Waals surface area contributed by atoms with Gasteiger partial charge >= 0.3 is 0 Å². The molecule has 0 spiro atoms. The number of hydrogen-bond donors (Lipinski definition) is 2. The fourth-order valence-electron chi connectivity index (χ4n) is 2.26. The first kappa shape index (κ1) is 19.3. The molecule has 1 aromatic carbocycles. The zero-order valence-corrected chi connectivity index (χ0v) is 15.3. The zero-order valence-electron chi connectivity index (χ0n) is 15.3. The monoisotopic (exact) mass is 320 g/mol. The van der Waals surface area contributed by atoms with Crippen LogP contribution in [0.2, 0.25) is 0 Å². The third-order valence-electron chi connectivity index (χ3n) is 3.14. The first-order valence-electron chi connectivity index (χ1n) is 7.89. The van der Waals surface area contributed by atoms with Crippen molar-refractivity contribution in [2.75, 3.05) is 0 Å². The maximum absolute atomic E-state index is 4.11. The molecular formula is C22H28N2. The number of benzene rings is 1. The Bertz CT molecular complexity index is 726. The number of rotatable bonds is 8. The second kappa shape index (κ2) is 8.78. The summed E-state index contributed by atoms with van der Waals surface area (Å²) in [6.07, 6.45) is 3.97. The normalized spacial score (nSPS) is 10.6. The van der Waals surface area contributed by atoms with Gasteiger partial charge in [0.1, 0.15) is 0 Å². The van der Waals surface area contributed by atoms with Crippen LogP contribution in [0, 0.1) is 0 Å². The number of hydrogen-bond acceptors (Lipinski definition) is 2. The highest BCUT2D eigenvalue weighted by Crippen LogP contribution is 2.18. The molecule has 0 fully saturated rings. The van der Waals surface area contributed by atoms with E-state index in [1.807, 2.05) is 58.0 Å². The minimum Gasteiger partial charge on any atom is -0.359 e. The maximum Gasteiger partial charge on any atom is 0.0384 e. The third-order valence-corrected chi connectivity index (χ3v) is 3.14. The summed E-state index contributed by atoms with van der Waals surface area (Å²) in [6.45, 7) is 24.1. The fraction of sp³-hybridized carbons (Fsp3) is 0.182. The highest BCUT2D eigenvalue weighted by Gasteiger charge is 2.04. The topological polar surface area (TPSA) is 24.1 Å². The standard InChI is InChI=1S/C22H28N2/c1-15(2)12-17(5)23-19(7)21-10-9-11-22(14-21)20(8)24-18(6)13-16(3)4/h9-14,23-24H,1,6-8H2,2-5H3/b17-12+. The third kappa shape index (κ3) is 6.57. The van der Waals surface area contributed by atoms with Crippen molar-refractivity contribution in [3.63, 3.8) is 0 Å². The lowest BCUT2D eigenvalue weighted by Gasteiger charge is -2.14. The molecule has 0 aliphatic rings. The lowest BCUT2D eigenvalue weighted by molar-refractivity contribution is 1.08. The molecule has 2 nitrogen and oxygen atoms in total. The number of allylic oxidation sites excluding steroid dienone is 5. The first-order valence-corrected chi connectivity index (χ1v) is 7.89. The Balaban J connectivity index is 2.88. The summed E-state index contributed by atoms with van der Waals surface area (Å²) in [5.41, 5.74) is 7.67. The molecule has 0 bridgehead atoms. The van der Waals surface area contributed by atoms with Gasteiger partial charge < -0.3 is 10.6 Å². The van der Waals surface area contributed by atoms with Crippen molar-refractivity contribution in [1.29, 1.82) is 0 Å². The van der Waals surface area contributed by atoms with E-state index in [2.05, 4.69) is 43.0 Å². The van der Waals surface area contributed by atoms with Gasteiger partial charge in [0.25, 0.3) is 0 Å². The Morgan fingerprint density at radius 3 is 1.88 bits per heavy atom. The second-order valence-electron chi connectivity index (χ2n) is 6.21. The van der Waals surface area contributed by atoms with Crippen LogP contribution in [0.4, 0.5) is 0 Å². The molecular weight excluding hydrogens is 292 g/mol. The van der Waals surface area contributed by atoms with Crippen LogP contribution in [-0.2, 0) is 0 Å². The van der Waals surface area contributed by atoms with Gasteiger partial charge in [0.15, 0.2) is 0 Å². The van der Waals surface area contributed by atoms with E-state index in [4.69, 9.17) is 0 Å². The van der Waals surface area contributed by atoms with Crippen molar-refractivity contribution < 1.29 is 0 Å². The van der Waals surface area contributed by atoms with Gasteiger partial charge in [-0.3, -0.25) is 0 Å². The van der Waals surface area contributed by atoms with E-state index >= 15 is 0 Å². The Hall–Kier alpha value is -2.74. The average molecular weight is 320 g/mol. The van der Waals surface area contributed by atoms with E-state index in [0.29, 0.717) is 0 Å². The van der Waals surface area contributed by atoms with Crippen LogP contribution in [0.1, 0.15) is 38.8 Å². The van der Waals surface area contributed by atoms with E-state index in [9.17, 15) is 0 Å². The molecule has 126 valence electrons. The maximum atomic E-state index is 4.11. The summed E-state index contributed by atoms with van der Waals surface area (Å²) in [5.74, 6) is 0. The summed E-state index contributed by atoms with van der Waals surface area (Å²) in [7, 11) is 0. The fourth-order valence-corrected chi connectivity index (χ4v) is 2.26. The van der Waals surface area contributed by atoms with Crippen LogP contribution in [0.3, 0.4) is 0 Å². The Kier molecular flexibility index (Phi) is 7.06. The molecule has 0 aliphatic heterocycles. The van der Waals surface area contributed by atoms with Crippen molar-refractivity contribution in [3.8, 4) is 0 Å². The van der Waals surface area contributed by atoms with Crippen molar-refractivity contribution >= 4 is 11.4 Å². The van der Waals surface area contributed by atoms with Crippen molar-refractivity contribution in [1.82, 2.24) is 10.6 Å². The van der Waals surface area contributed by atoms with Gasteiger partial charge in [-0.05, 0) is 57.0 Å². The van der Waals surface area contributed by atoms with E-state index in [-0.39, 0.29) is 0 Å². The Labute approximate surface area is 146 Å². The lowest BCUT2D eigenvalue weighted by atomic mass is 10.1. The van der Waals surface area contributed by atoms with Gasteiger partial charge in [-0.1, -0.05) is 55.7 Å². The molecule has 1 aromatic rings. The van der Waals surface area contributed by atoms with Crippen molar-refractivity contribution in [3.05, 3.63) is 96.4 Å². The van der Waals surface area contributed by atoms with Crippen LogP contribution < -0.4 is 10.6 Å². The van der Waals surface area contributed by atoms with Crippen LogP contribution in [0.15, 0.2) is 85.3 Å². The zero-order chi connectivity index (χ0) is 18.3. The molecule has 0 amide bonds. The van der Waals surface area contributed by atoms with E-state index in [1.54, 1.807) is 0 Å². The molecule has 2 N–H and O–H groups in total. The van der Waals surface area contributed by atoms with Crippen LogP contribution in [-0.4, -0.2) is 0 Å². The minimum absolute atomic E-state index is 0.807. The van der Waals surface area contributed by atoms with Gasteiger partial charge in [0.05, 0.1) is 0 Å². The molecule has 24 heavy (non-hydrogen) atoms. The van der Waals surface area contributed by atoms with Crippen LogP contribution in [0.25, 0.3) is 11.4 Å². The molecule has 2 heteroatoms.